The highest BCUT2D eigenvalue weighted by molar-refractivity contribution is 5.91. The number of likely N-dealkylation sites (tertiary alicyclic amines) is 1. The number of hydrogen-bond acceptors (Lipinski definition) is 4. The number of carbonyl (C=O) groups is 2. The molecule has 0 atom stereocenters. The van der Waals surface area contributed by atoms with Crippen molar-refractivity contribution in [2.24, 2.45) is 0 Å². The maximum absolute atomic E-state index is 12.1. The second kappa shape index (κ2) is 7.15. The highest BCUT2D eigenvalue weighted by Gasteiger charge is 2.20. The fourth-order valence-corrected chi connectivity index (χ4v) is 2.57. The van der Waals surface area contributed by atoms with Crippen molar-refractivity contribution in [1.82, 2.24) is 9.47 Å². The lowest BCUT2D eigenvalue weighted by Crippen LogP contribution is -2.38. The first-order valence-electron chi connectivity index (χ1n) is 7.52. The zero-order valence-corrected chi connectivity index (χ0v) is 12.5. The summed E-state index contributed by atoms with van der Waals surface area (Å²) >= 11 is 0. The molecule has 0 saturated carbocycles. The molecule has 116 valence electrons. The Kier molecular flexibility index (Phi) is 5.25. The molecule has 0 aliphatic carbocycles. The van der Waals surface area contributed by atoms with E-state index in [4.69, 9.17) is 10.5 Å². The van der Waals surface area contributed by atoms with Crippen LogP contribution in [0, 0.1) is 0 Å². The minimum absolute atomic E-state index is 0.121. The van der Waals surface area contributed by atoms with E-state index in [2.05, 4.69) is 0 Å². The molecule has 0 aromatic carbocycles. The lowest BCUT2D eigenvalue weighted by molar-refractivity contribution is -0.135. The number of piperidine rings is 1. The maximum atomic E-state index is 12.1. The van der Waals surface area contributed by atoms with Gasteiger partial charge in [0.05, 0.1) is 5.69 Å². The van der Waals surface area contributed by atoms with Crippen molar-refractivity contribution in [3.63, 3.8) is 0 Å². The summed E-state index contributed by atoms with van der Waals surface area (Å²) in [6, 6.07) is 1.59. The van der Waals surface area contributed by atoms with Gasteiger partial charge in [-0.15, -0.1) is 0 Å². The van der Waals surface area contributed by atoms with Crippen molar-refractivity contribution >= 4 is 17.6 Å². The van der Waals surface area contributed by atoms with Crippen LogP contribution in [-0.4, -0.2) is 41.0 Å². The van der Waals surface area contributed by atoms with Crippen LogP contribution in [0.1, 0.15) is 43.1 Å². The average Bonchev–Trinajstić information content (AvgIpc) is 2.86. The molecular formula is C15H23N3O3. The quantitative estimate of drug-likeness (QED) is 0.837. The summed E-state index contributed by atoms with van der Waals surface area (Å²) < 4.78 is 6.90. The van der Waals surface area contributed by atoms with Crippen molar-refractivity contribution in [3.8, 4) is 0 Å². The second-order valence-electron chi connectivity index (χ2n) is 5.37. The van der Waals surface area contributed by atoms with Crippen LogP contribution in [0.5, 0.6) is 0 Å². The van der Waals surface area contributed by atoms with Crippen LogP contribution in [0.15, 0.2) is 12.3 Å². The van der Waals surface area contributed by atoms with Crippen molar-refractivity contribution in [2.45, 2.75) is 39.2 Å². The fourth-order valence-electron chi connectivity index (χ4n) is 2.57. The lowest BCUT2D eigenvalue weighted by atomic mass is 10.1. The minimum atomic E-state index is -0.495. The molecule has 2 heterocycles. The van der Waals surface area contributed by atoms with Gasteiger partial charge in [-0.25, -0.2) is 4.79 Å². The Labute approximate surface area is 124 Å². The SMILES string of the molecule is CCCn1cc(N)cc1C(=O)OCC(=O)N1CCCCC1. The maximum Gasteiger partial charge on any atom is 0.355 e. The van der Waals surface area contributed by atoms with Crippen molar-refractivity contribution in [1.29, 1.82) is 0 Å². The van der Waals surface area contributed by atoms with Crippen LogP contribution >= 0.6 is 0 Å². The highest BCUT2D eigenvalue weighted by atomic mass is 16.5. The van der Waals surface area contributed by atoms with E-state index in [1.165, 1.54) is 0 Å². The predicted molar refractivity (Wildman–Crippen MR) is 79.8 cm³/mol. The molecule has 2 rings (SSSR count). The molecule has 1 aliphatic heterocycles. The number of nitrogens with two attached hydrogens (primary N) is 1. The van der Waals surface area contributed by atoms with Gasteiger partial charge in [-0.2, -0.15) is 0 Å². The summed E-state index contributed by atoms with van der Waals surface area (Å²) in [5, 5.41) is 0. The van der Waals surface area contributed by atoms with Crippen LogP contribution in [-0.2, 0) is 16.1 Å². The smallest absolute Gasteiger partial charge is 0.355 e. The van der Waals surface area contributed by atoms with Gasteiger partial charge in [-0.1, -0.05) is 6.92 Å². The van der Waals surface area contributed by atoms with Crippen LogP contribution in [0.3, 0.4) is 0 Å². The van der Waals surface area contributed by atoms with Crippen LogP contribution in [0.25, 0.3) is 0 Å². The molecule has 2 N–H and O–H groups in total. The number of rotatable bonds is 5. The third kappa shape index (κ3) is 4.00. The number of aromatic nitrogens is 1. The molecule has 0 radical (unpaired) electrons. The molecule has 1 saturated heterocycles. The fraction of sp³-hybridized carbons (Fsp3) is 0.600. The first-order chi connectivity index (χ1) is 10.1. The van der Waals surface area contributed by atoms with Gasteiger partial charge in [0, 0.05) is 25.8 Å². The number of esters is 1. The number of nitrogens with zero attached hydrogens (tertiary/aromatic N) is 2. The third-order valence-electron chi connectivity index (χ3n) is 3.63. The lowest BCUT2D eigenvalue weighted by Gasteiger charge is -2.26. The van der Waals surface area contributed by atoms with E-state index in [-0.39, 0.29) is 12.5 Å². The summed E-state index contributed by atoms with van der Waals surface area (Å²) in [5.74, 6) is -0.616. The largest absolute Gasteiger partial charge is 0.451 e. The molecule has 0 unspecified atom stereocenters. The zero-order chi connectivity index (χ0) is 15.2. The minimum Gasteiger partial charge on any atom is -0.451 e. The number of amides is 1. The number of carbonyl (C=O) groups excluding carboxylic acids is 2. The number of aryl methyl sites for hydroxylation is 1. The molecule has 0 spiro atoms. The van der Waals surface area contributed by atoms with Gasteiger partial charge >= 0.3 is 5.97 Å². The van der Waals surface area contributed by atoms with E-state index in [1.807, 2.05) is 6.92 Å². The summed E-state index contributed by atoms with van der Waals surface area (Å²) in [4.78, 5) is 25.8. The van der Waals surface area contributed by atoms with Gasteiger partial charge in [0.15, 0.2) is 6.61 Å². The van der Waals surface area contributed by atoms with Gasteiger partial charge in [0.1, 0.15) is 5.69 Å². The number of ether oxygens (including phenoxy) is 1. The molecule has 21 heavy (non-hydrogen) atoms. The van der Waals surface area contributed by atoms with Crippen LogP contribution < -0.4 is 5.73 Å². The standard InChI is InChI=1S/C15H23N3O3/c1-2-6-18-10-12(16)9-13(18)15(20)21-11-14(19)17-7-4-3-5-8-17/h9-10H,2-8,11,16H2,1H3. The second-order valence-corrected chi connectivity index (χ2v) is 5.37. The summed E-state index contributed by atoms with van der Waals surface area (Å²) in [5.41, 5.74) is 6.65. The van der Waals surface area contributed by atoms with E-state index in [1.54, 1.807) is 21.7 Å². The first-order valence-corrected chi connectivity index (χ1v) is 7.52. The Morgan fingerprint density at radius 3 is 2.67 bits per heavy atom. The van der Waals surface area contributed by atoms with E-state index in [9.17, 15) is 9.59 Å². The Hall–Kier alpha value is -1.98. The van der Waals surface area contributed by atoms with E-state index in [0.29, 0.717) is 17.9 Å². The molecule has 1 fully saturated rings. The average molecular weight is 293 g/mol. The van der Waals surface area contributed by atoms with E-state index in [0.717, 1.165) is 38.8 Å². The molecule has 0 bridgehead atoms. The summed E-state index contributed by atoms with van der Waals surface area (Å²) in [6.45, 7) is 4.04. The van der Waals surface area contributed by atoms with Crippen molar-refractivity contribution < 1.29 is 14.3 Å². The van der Waals surface area contributed by atoms with Crippen LogP contribution in [0.4, 0.5) is 5.69 Å². The summed E-state index contributed by atoms with van der Waals surface area (Å²) in [7, 11) is 0. The number of nitrogen functional groups attached to an aromatic ring is 1. The van der Waals surface area contributed by atoms with Gasteiger partial charge in [-0.3, -0.25) is 4.79 Å². The molecule has 1 aliphatic rings. The third-order valence-corrected chi connectivity index (χ3v) is 3.63. The molecule has 1 amide bonds. The normalized spacial score (nSPS) is 15.0. The summed E-state index contributed by atoms with van der Waals surface area (Å²) in [6.07, 6.45) is 5.81. The predicted octanol–water partition coefficient (Wildman–Crippen LogP) is 1.65. The molecule has 1 aromatic heterocycles. The van der Waals surface area contributed by atoms with Gasteiger partial charge < -0.3 is 19.9 Å². The van der Waals surface area contributed by atoms with Gasteiger partial charge in [-0.05, 0) is 31.7 Å². The Bertz CT molecular complexity index is 504. The zero-order valence-electron chi connectivity index (χ0n) is 12.5. The molecular weight excluding hydrogens is 270 g/mol. The Morgan fingerprint density at radius 1 is 1.29 bits per heavy atom. The van der Waals surface area contributed by atoms with E-state index < -0.39 is 5.97 Å². The first kappa shape index (κ1) is 15.4. The van der Waals surface area contributed by atoms with Gasteiger partial charge in [0.25, 0.3) is 5.91 Å². The van der Waals surface area contributed by atoms with Gasteiger partial charge in [0.2, 0.25) is 0 Å². The Morgan fingerprint density at radius 2 is 2.00 bits per heavy atom. The monoisotopic (exact) mass is 293 g/mol. The highest BCUT2D eigenvalue weighted by Crippen LogP contribution is 2.13. The van der Waals surface area contributed by atoms with Crippen LogP contribution in [0.2, 0.25) is 0 Å². The molecule has 6 heteroatoms. The van der Waals surface area contributed by atoms with Crippen molar-refractivity contribution in [2.75, 3.05) is 25.4 Å². The number of anilines is 1. The molecule has 1 aromatic rings. The molecule has 6 nitrogen and oxygen atoms in total. The van der Waals surface area contributed by atoms with E-state index >= 15 is 0 Å². The van der Waals surface area contributed by atoms with Crippen molar-refractivity contribution in [3.05, 3.63) is 18.0 Å². The topological polar surface area (TPSA) is 77.6 Å². The number of hydrogen-bond donors (Lipinski definition) is 1. The Balaban J connectivity index is 1.90.